The van der Waals surface area contributed by atoms with Crippen LogP contribution in [0.2, 0.25) is 0 Å². The standard InChI is InChI=1S/C15H24N2O2S/c1-2-13-20(18,19)16-14-7-9-15(10-8-14)17-11-5-3-4-6-12-17/h7-10,16H,2-6,11-13H2,1H3. The number of rotatable bonds is 5. The van der Waals surface area contributed by atoms with Crippen LogP contribution < -0.4 is 9.62 Å². The molecule has 1 aliphatic heterocycles. The molecule has 0 atom stereocenters. The lowest BCUT2D eigenvalue weighted by atomic mass is 10.2. The Balaban J connectivity index is 2.02. The van der Waals surface area contributed by atoms with Gasteiger partial charge in [0.15, 0.2) is 0 Å². The molecule has 5 heteroatoms. The summed E-state index contributed by atoms with van der Waals surface area (Å²) < 4.78 is 26.0. The molecule has 1 N–H and O–H groups in total. The van der Waals surface area contributed by atoms with Crippen LogP contribution in [0.1, 0.15) is 39.0 Å². The van der Waals surface area contributed by atoms with E-state index in [1.165, 1.54) is 31.4 Å². The molecule has 1 heterocycles. The van der Waals surface area contributed by atoms with Crippen molar-refractivity contribution in [1.29, 1.82) is 0 Å². The van der Waals surface area contributed by atoms with E-state index in [1.54, 1.807) is 0 Å². The third-order valence-electron chi connectivity index (χ3n) is 3.58. The molecule has 0 radical (unpaired) electrons. The lowest BCUT2D eigenvalue weighted by Crippen LogP contribution is -2.23. The first-order valence-corrected chi connectivity index (χ1v) is 9.11. The maximum absolute atomic E-state index is 11.7. The average Bonchev–Trinajstić information content (AvgIpc) is 2.68. The van der Waals surface area contributed by atoms with Crippen molar-refractivity contribution in [2.45, 2.75) is 39.0 Å². The highest BCUT2D eigenvalue weighted by Gasteiger charge is 2.11. The maximum Gasteiger partial charge on any atom is 0.232 e. The van der Waals surface area contributed by atoms with Crippen molar-refractivity contribution in [1.82, 2.24) is 0 Å². The van der Waals surface area contributed by atoms with Crippen molar-refractivity contribution in [3.05, 3.63) is 24.3 Å². The van der Waals surface area contributed by atoms with Crippen molar-refractivity contribution in [3.63, 3.8) is 0 Å². The number of sulfonamides is 1. The van der Waals surface area contributed by atoms with Crippen molar-refractivity contribution < 1.29 is 8.42 Å². The molecule has 1 aromatic carbocycles. The van der Waals surface area contributed by atoms with Crippen LogP contribution in [-0.4, -0.2) is 27.3 Å². The minimum atomic E-state index is -3.19. The van der Waals surface area contributed by atoms with Crippen molar-refractivity contribution in [2.24, 2.45) is 0 Å². The molecule has 112 valence electrons. The third kappa shape index (κ3) is 4.40. The molecule has 4 nitrogen and oxygen atoms in total. The largest absolute Gasteiger partial charge is 0.372 e. The molecule has 0 amide bonds. The smallest absolute Gasteiger partial charge is 0.232 e. The SMILES string of the molecule is CCCS(=O)(=O)Nc1ccc(N2CCCCCC2)cc1. The second-order valence-electron chi connectivity index (χ2n) is 5.37. The zero-order chi connectivity index (χ0) is 14.4. The van der Waals surface area contributed by atoms with E-state index >= 15 is 0 Å². The molecule has 0 spiro atoms. The highest BCUT2D eigenvalue weighted by atomic mass is 32.2. The van der Waals surface area contributed by atoms with Gasteiger partial charge in [0.2, 0.25) is 10.0 Å². The summed E-state index contributed by atoms with van der Waals surface area (Å²) >= 11 is 0. The molecule has 0 bridgehead atoms. The monoisotopic (exact) mass is 296 g/mol. The first-order chi connectivity index (χ1) is 9.61. The van der Waals surface area contributed by atoms with Gasteiger partial charge in [-0.25, -0.2) is 8.42 Å². The van der Waals surface area contributed by atoms with E-state index in [4.69, 9.17) is 0 Å². The second-order valence-corrected chi connectivity index (χ2v) is 7.21. The Morgan fingerprint density at radius 2 is 1.65 bits per heavy atom. The van der Waals surface area contributed by atoms with Gasteiger partial charge in [-0.15, -0.1) is 0 Å². The van der Waals surface area contributed by atoms with E-state index in [0.29, 0.717) is 12.1 Å². The summed E-state index contributed by atoms with van der Waals surface area (Å²) in [6, 6.07) is 7.73. The summed E-state index contributed by atoms with van der Waals surface area (Å²) in [6.07, 6.45) is 5.73. The van der Waals surface area contributed by atoms with Crippen LogP contribution in [0.15, 0.2) is 24.3 Å². The summed E-state index contributed by atoms with van der Waals surface area (Å²) in [5, 5.41) is 0. The topological polar surface area (TPSA) is 49.4 Å². The van der Waals surface area contributed by atoms with Gasteiger partial charge in [0.1, 0.15) is 0 Å². The molecule has 1 saturated heterocycles. The van der Waals surface area contributed by atoms with Gasteiger partial charge in [0.25, 0.3) is 0 Å². The Labute approximate surface area is 122 Å². The molecule has 2 rings (SSSR count). The molecule has 20 heavy (non-hydrogen) atoms. The van der Waals surface area contributed by atoms with Gasteiger partial charge in [-0.05, 0) is 43.5 Å². The molecule has 0 saturated carbocycles. The van der Waals surface area contributed by atoms with Crippen molar-refractivity contribution in [2.75, 3.05) is 28.5 Å². The number of hydrogen-bond donors (Lipinski definition) is 1. The Hall–Kier alpha value is -1.23. The molecular formula is C15H24N2O2S. The number of hydrogen-bond acceptors (Lipinski definition) is 3. The van der Waals surface area contributed by atoms with Gasteiger partial charge in [-0.2, -0.15) is 0 Å². The summed E-state index contributed by atoms with van der Waals surface area (Å²) in [4.78, 5) is 2.39. The first kappa shape index (κ1) is 15.2. The highest BCUT2D eigenvalue weighted by molar-refractivity contribution is 7.92. The van der Waals surface area contributed by atoms with Gasteiger partial charge < -0.3 is 4.90 Å². The zero-order valence-electron chi connectivity index (χ0n) is 12.1. The van der Waals surface area contributed by atoms with E-state index in [1.807, 2.05) is 31.2 Å². The van der Waals surface area contributed by atoms with Crippen LogP contribution >= 0.6 is 0 Å². The Morgan fingerprint density at radius 3 is 2.20 bits per heavy atom. The Bertz CT molecular complexity index is 503. The van der Waals surface area contributed by atoms with Crippen LogP contribution in [0, 0.1) is 0 Å². The minimum absolute atomic E-state index is 0.168. The maximum atomic E-state index is 11.7. The second kappa shape index (κ2) is 6.97. The van der Waals surface area contributed by atoms with E-state index in [9.17, 15) is 8.42 Å². The van der Waals surface area contributed by atoms with E-state index in [2.05, 4.69) is 9.62 Å². The van der Waals surface area contributed by atoms with E-state index < -0.39 is 10.0 Å². The Morgan fingerprint density at radius 1 is 1.05 bits per heavy atom. The van der Waals surface area contributed by atoms with Crippen molar-refractivity contribution >= 4 is 21.4 Å². The molecule has 1 fully saturated rings. The zero-order valence-corrected chi connectivity index (χ0v) is 13.0. The fraction of sp³-hybridized carbons (Fsp3) is 0.600. The number of nitrogens with one attached hydrogen (secondary N) is 1. The Kier molecular flexibility index (Phi) is 5.29. The van der Waals surface area contributed by atoms with Gasteiger partial charge in [-0.1, -0.05) is 19.8 Å². The molecule has 1 aliphatic rings. The predicted octanol–water partition coefficient (Wildman–Crippen LogP) is 3.22. The van der Waals surface area contributed by atoms with Crippen LogP contribution in [0.3, 0.4) is 0 Å². The van der Waals surface area contributed by atoms with Crippen LogP contribution in [0.25, 0.3) is 0 Å². The van der Waals surface area contributed by atoms with Gasteiger partial charge in [-0.3, -0.25) is 4.72 Å². The minimum Gasteiger partial charge on any atom is -0.372 e. The lowest BCUT2D eigenvalue weighted by Gasteiger charge is -2.22. The molecular weight excluding hydrogens is 272 g/mol. The van der Waals surface area contributed by atoms with Crippen molar-refractivity contribution in [3.8, 4) is 0 Å². The molecule has 0 aliphatic carbocycles. The van der Waals surface area contributed by atoms with Gasteiger partial charge in [0, 0.05) is 24.5 Å². The normalized spacial score (nSPS) is 16.8. The van der Waals surface area contributed by atoms with Gasteiger partial charge >= 0.3 is 0 Å². The lowest BCUT2D eigenvalue weighted by molar-refractivity contribution is 0.600. The van der Waals surface area contributed by atoms with E-state index in [-0.39, 0.29) is 5.75 Å². The van der Waals surface area contributed by atoms with Crippen LogP contribution in [0.4, 0.5) is 11.4 Å². The first-order valence-electron chi connectivity index (χ1n) is 7.46. The molecule has 0 aromatic heterocycles. The average molecular weight is 296 g/mol. The fourth-order valence-electron chi connectivity index (χ4n) is 2.57. The molecule has 0 unspecified atom stereocenters. The number of anilines is 2. The summed E-state index contributed by atoms with van der Waals surface area (Å²) in [5.74, 6) is 0.168. The van der Waals surface area contributed by atoms with Crippen LogP contribution in [-0.2, 0) is 10.0 Å². The summed E-state index contributed by atoms with van der Waals surface area (Å²) in [7, 11) is -3.19. The van der Waals surface area contributed by atoms with Crippen LogP contribution in [0.5, 0.6) is 0 Å². The highest BCUT2D eigenvalue weighted by Crippen LogP contribution is 2.22. The van der Waals surface area contributed by atoms with Gasteiger partial charge in [0.05, 0.1) is 5.75 Å². The summed E-state index contributed by atoms with van der Waals surface area (Å²) in [5.41, 5.74) is 1.84. The molecule has 1 aromatic rings. The third-order valence-corrected chi connectivity index (χ3v) is 5.08. The predicted molar refractivity (Wildman–Crippen MR) is 84.8 cm³/mol. The number of nitrogens with zero attached hydrogens (tertiary/aromatic N) is 1. The fourth-order valence-corrected chi connectivity index (χ4v) is 3.70. The summed E-state index contributed by atoms with van der Waals surface area (Å²) in [6.45, 7) is 4.06. The van der Waals surface area contributed by atoms with E-state index in [0.717, 1.165) is 13.1 Å². The number of benzene rings is 1. The quantitative estimate of drug-likeness (QED) is 0.907.